The topological polar surface area (TPSA) is 43.1 Å². The van der Waals surface area contributed by atoms with Gasteiger partial charge in [0.15, 0.2) is 0 Å². The highest BCUT2D eigenvalue weighted by Gasteiger charge is 2.13. The summed E-state index contributed by atoms with van der Waals surface area (Å²) < 4.78 is 0. The van der Waals surface area contributed by atoms with E-state index in [9.17, 15) is 10.1 Å². The number of nitrogens with zero attached hydrogens (tertiary/aromatic N) is 1. The molecule has 1 aromatic rings. The lowest BCUT2D eigenvalue weighted by atomic mass is 10.2. The first-order valence-corrected chi connectivity index (χ1v) is 3.88. The van der Waals surface area contributed by atoms with Gasteiger partial charge in [0.25, 0.3) is 5.69 Å². The number of nitro benzene ring substituents is 1. The van der Waals surface area contributed by atoms with Crippen LogP contribution in [0.25, 0.3) is 0 Å². The predicted octanol–water partition coefficient (Wildman–Crippen LogP) is 3.21. The van der Waals surface area contributed by atoms with E-state index in [1.807, 2.05) is 0 Å². The minimum absolute atomic E-state index is 0.113. The second-order valence-electron chi connectivity index (χ2n) is 2.31. The van der Waals surface area contributed by atoms with Crippen LogP contribution in [0.1, 0.15) is 5.56 Å². The van der Waals surface area contributed by atoms with Gasteiger partial charge in [0, 0.05) is 6.07 Å². The number of nitro groups is 1. The summed E-state index contributed by atoms with van der Waals surface area (Å²) in [5, 5.41) is 10.8. The van der Waals surface area contributed by atoms with Gasteiger partial charge in [-0.05, 0) is 18.6 Å². The highest BCUT2D eigenvalue weighted by atomic mass is 35.5. The second kappa shape index (κ2) is 3.29. The molecule has 5 heteroatoms. The normalized spacial score (nSPS) is 9.92. The van der Waals surface area contributed by atoms with Gasteiger partial charge in [-0.15, -0.1) is 0 Å². The Labute approximate surface area is 79.1 Å². The van der Waals surface area contributed by atoms with Crippen molar-refractivity contribution in [3.63, 3.8) is 0 Å². The smallest absolute Gasteiger partial charge is 0.258 e. The minimum atomic E-state index is -0.562. The summed E-state index contributed by atoms with van der Waals surface area (Å²) >= 11 is 11.3. The number of aryl methyl sites for hydroxylation is 1. The van der Waals surface area contributed by atoms with E-state index >= 15 is 0 Å². The van der Waals surface area contributed by atoms with Crippen LogP contribution in [0.5, 0.6) is 0 Å². The molecule has 0 bridgehead atoms. The molecule has 1 rings (SSSR count). The highest BCUT2D eigenvalue weighted by molar-refractivity contribution is 6.35. The number of halogens is 2. The predicted molar refractivity (Wildman–Crippen MR) is 47.9 cm³/mol. The molecule has 0 saturated heterocycles. The van der Waals surface area contributed by atoms with Crippen LogP contribution in [0.4, 0.5) is 5.69 Å². The second-order valence-corrected chi connectivity index (χ2v) is 3.12. The fourth-order valence-electron chi connectivity index (χ4n) is 0.776. The summed E-state index contributed by atoms with van der Waals surface area (Å²) in [4.78, 5) is 9.79. The van der Waals surface area contributed by atoms with Crippen LogP contribution in [-0.2, 0) is 0 Å². The van der Waals surface area contributed by atoms with Crippen LogP contribution in [-0.4, -0.2) is 4.92 Å². The summed E-state index contributed by atoms with van der Waals surface area (Å²) in [6.07, 6.45) is 0. The molecule has 3 nitrogen and oxygen atoms in total. The van der Waals surface area contributed by atoms with Gasteiger partial charge in [-0.25, -0.2) is 0 Å². The van der Waals surface area contributed by atoms with E-state index in [4.69, 9.17) is 23.2 Å². The van der Waals surface area contributed by atoms with Crippen molar-refractivity contribution < 1.29 is 4.92 Å². The van der Waals surface area contributed by atoms with Gasteiger partial charge < -0.3 is 0 Å². The van der Waals surface area contributed by atoms with Gasteiger partial charge in [-0.2, -0.15) is 0 Å². The Bertz CT molecular complexity index is 338. The van der Waals surface area contributed by atoms with Gasteiger partial charge >= 0.3 is 0 Å². The molecule has 0 N–H and O–H groups in total. The van der Waals surface area contributed by atoms with Crippen LogP contribution in [0, 0.1) is 17.0 Å². The standard InChI is InChI=1S/C7H5Cl2NO2/c1-4-2-6(9)7(10(11)12)3-5(4)8/h2-3H,1H3. The van der Waals surface area contributed by atoms with E-state index in [-0.39, 0.29) is 10.7 Å². The van der Waals surface area contributed by atoms with Crippen molar-refractivity contribution in [1.82, 2.24) is 0 Å². The maximum Gasteiger partial charge on any atom is 0.289 e. The summed E-state index contributed by atoms with van der Waals surface area (Å²) in [5.41, 5.74) is 0.569. The van der Waals surface area contributed by atoms with Crippen molar-refractivity contribution in [2.45, 2.75) is 6.92 Å². The maximum absolute atomic E-state index is 10.3. The lowest BCUT2D eigenvalue weighted by Gasteiger charge is -1.98. The van der Waals surface area contributed by atoms with Crippen LogP contribution >= 0.6 is 23.2 Å². The first kappa shape index (κ1) is 9.29. The van der Waals surface area contributed by atoms with Crippen LogP contribution < -0.4 is 0 Å². The van der Waals surface area contributed by atoms with Crippen molar-refractivity contribution >= 4 is 28.9 Å². The third-order valence-corrected chi connectivity index (χ3v) is 2.13. The van der Waals surface area contributed by atoms with Crippen molar-refractivity contribution in [2.24, 2.45) is 0 Å². The van der Waals surface area contributed by atoms with Crippen molar-refractivity contribution in [1.29, 1.82) is 0 Å². The first-order valence-electron chi connectivity index (χ1n) is 3.12. The molecule has 0 amide bonds. The molecule has 0 saturated carbocycles. The molecule has 1 aromatic carbocycles. The highest BCUT2D eigenvalue weighted by Crippen LogP contribution is 2.29. The Kier molecular flexibility index (Phi) is 2.55. The van der Waals surface area contributed by atoms with Gasteiger partial charge in [0.05, 0.1) is 9.95 Å². The molecule has 0 aliphatic carbocycles. The van der Waals surface area contributed by atoms with E-state index < -0.39 is 4.92 Å². The fraction of sp³-hybridized carbons (Fsp3) is 0.143. The van der Waals surface area contributed by atoms with Gasteiger partial charge in [-0.1, -0.05) is 23.2 Å². The Morgan fingerprint density at radius 1 is 1.33 bits per heavy atom. The average Bonchev–Trinajstić information content (AvgIpc) is 1.96. The Balaban J connectivity index is 3.33. The maximum atomic E-state index is 10.3. The van der Waals surface area contributed by atoms with E-state index in [1.165, 1.54) is 12.1 Å². The van der Waals surface area contributed by atoms with Crippen molar-refractivity contribution in [3.8, 4) is 0 Å². The van der Waals surface area contributed by atoms with Crippen LogP contribution in [0.2, 0.25) is 10.0 Å². The summed E-state index contributed by atoms with van der Waals surface area (Å²) in [7, 11) is 0. The summed E-state index contributed by atoms with van der Waals surface area (Å²) in [5.74, 6) is 0. The molecule has 0 unspecified atom stereocenters. The van der Waals surface area contributed by atoms with Crippen LogP contribution in [0.15, 0.2) is 12.1 Å². The molecule has 0 heterocycles. The largest absolute Gasteiger partial charge is 0.289 e. The molecule has 0 aliphatic rings. The van der Waals surface area contributed by atoms with Crippen LogP contribution in [0.3, 0.4) is 0 Å². The zero-order valence-corrected chi connectivity index (χ0v) is 7.69. The quantitative estimate of drug-likeness (QED) is 0.522. The molecule has 64 valence electrons. The number of hydrogen-bond donors (Lipinski definition) is 0. The van der Waals surface area contributed by atoms with E-state index in [0.29, 0.717) is 5.02 Å². The number of benzene rings is 1. The van der Waals surface area contributed by atoms with Crippen molar-refractivity contribution in [3.05, 3.63) is 37.9 Å². The molecule has 0 radical (unpaired) electrons. The number of hydrogen-bond acceptors (Lipinski definition) is 2. The molecule has 0 fully saturated rings. The molecular weight excluding hydrogens is 201 g/mol. The molecule has 12 heavy (non-hydrogen) atoms. The van der Waals surface area contributed by atoms with E-state index in [2.05, 4.69) is 0 Å². The SMILES string of the molecule is Cc1cc(Cl)c([N+](=O)[O-])cc1Cl. The Morgan fingerprint density at radius 2 is 1.92 bits per heavy atom. The van der Waals surface area contributed by atoms with E-state index in [0.717, 1.165) is 5.56 Å². The summed E-state index contributed by atoms with van der Waals surface area (Å²) in [6.45, 7) is 1.73. The van der Waals surface area contributed by atoms with Gasteiger partial charge in [0.2, 0.25) is 0 Å². The Morgan fingerprint density at radius 3 is 2.42 bits per heavy atom. The lowest BCUT2D eigenvalue weighted by molar-refractivity contribution is -0.384. The monoisotopic (exact) mass is 205 g/mol. The minimum Gasteiger partial charge on any atom is -0.258 e. The summed E-state index contributed by atoms with van der Waals surface area (Å²) in [6, 6.07) is 2.72. The molecule has 0 aromatic heterocycles. The van der Waals surface area contributed by atoms with Gasteiger partial charge in [-0.3, -0.25) is 10.1 Å². The molecular formula is C7H5Cl2NO2. The van der Waals surface area contributed by atoms with E-state index in [1.54, 1.807) is 6.92 Å². The zero-order chi connectivity index (χ0) is 9.30. The zero-order valence-electron chi connectivity index (χ0n) is 6.17. The molecule has 0 atom stereocenters. The third-order valence-electron chi connectivity index (χ3n) is 1.42. The Hall–Kier alpha value is -0.800. The fourth-order valence-corrected chi connectivity index (χ4v) is 1.22. The molecule has 0 spiro atoms. The number of rotatable bonds is 1. The lowest BCUT2D eigenvalue weighted by Crippen LogP contribution is -1.89. The average molecular weight is 206 g/mol. The van der Waals surface area contributed by atoms with Gasteiger partial charge in [0.1, 0.15) is 5.02 Å². The molecule has 0 aliphatic heterocycles. The van der Waals surface area contributed by atoms with Crippen molar-refractivity contribution in [2.75, 3.05) is 0 Å². The third kappa shape index (κ3) is 1.68. The first-order chi connectivity index (χ1) is 5.52.